The molecular weight excluding hydrogens is 562 g/mol. The van der Waals surface area contributed by atoms with Crippen molar-refractivity contribution in [1.29, 1.82) is 0 Å². The summed E-state index contributed by atoms with van der Waals surface area (Å²) in [6.45, 7) is 19.8. The van der Waals surface area contributed by atoms with Crippen molar-refractivity contribution in [3.8, 4) is 22.5 Å². The molecular formula is C41H61N5+2. The van der Waals surface area contributed by atoms with Gasteiger partial charge in [0.1, 0.15) is 13.1 Å². The number of hydrogen-bond acceptors (Lipinski definition) is 3. The number of pyridine rings is 2. The van der Waals surface area contributed by atoms with Crippen molar-refractivity contribution >= 4 is 5.69 Å². The van der Waals surface area contributed by atoms with Gasteiger partial charge in [-0.1, -0.05) is 70.1 Å². The van der Waals surface area contributed by atoms with Gasteiger partial charge in [0.05, 0.1) is 0 Å². The van der Waals surface area contributed by atoms with Gasteiger partial charge in [0.15, 0.2) is 30.6 Å². The molecule has 5 nitrogen and oxygen atoms in total. The van der Waals surface area contributed by atoms with E-state index in [9.17, 15) is 0 Å². The first-order valence-electron chi connectivity index (χ1n) is 18.0. The van der Waals surface area contributed by atoms with Crippen molar-refractivity contribution in [2.75, 3.05) is 18.0 Å². The third kappa shape index (κ3) is 12.0. The highest BCUT2D eigenvalue weighted by Crippen LogP contribution is 2.26. The van der Waals surface area contributed by atoms with E-state index in [2.05, 4.69) is 134 Å². The Balaban J connectivity index is 0.000000344. The molecule has 0 saturated heterocycles. The molecule has 0 spiro atoms. The quantitative estimate of drug-likeness (QED) is 0.0868. The summed E-state index contributed by atoms with van der Waals surface area (Å²) in [5, 5.41) is 0. The van der Waals surface area contributed by atoms with Crippen LogP contribution in [0, 0.1) is 20.8 Å². The van der Waals surface area contributed by atoms with E-state index in [0.717, 1.165) is 48.7 Å². The molecule has 0 amide bonds. The van der Waals surface area contributed by atoms with Crippen molar-refractivity contribution < 1.29 is 9.13 Å². The summed E-state index contributed by atoms with van der Waals surface area (Å²) in [6.07, 6.45) is 25.6. The summed E-state index contributed by atoms with van der Waals surface area (Å²) in [6, 6.07) is 13.1. The van der Waals surface area contributed by atoms with Gasteiger partial charge in [0, 0.05) is 79.4 Å². The van der Waals surface area contributed by atoms with Crippen LogP contribution in [-0.4, -0.2) is 23.1 Å². The van der Waals surface area contributed by atoms with Crippen LogP contribution in [0.25, 0.3) is 22.5 Å². The van der Waals surface area contributed by atoms with Crippen LogP contribution in [0.4, 0.5) is 5.69 Å². The summed E-state index contributed by atoms with van der Waals surface area (Å²) in [5.41, 5.74) is 8.84. The molecule has 4 rings (SSSR count). The van der Waals surface area contributed by atoms with E-state index < -0.39 is 0 Å². The van der Waals surface area contributed by atoms with Crippen molar-refractivity contribution in [3.05, 3.63) is 90.3 Å². The molecule has 0 fully saturated rings. The molecule has 0 bridgehead atoms. The van der Waals surface area contributed by atoms with Gasteiger partial charge in [-0.2, -0.15) is 0 Å². The number of anilines is 1. The molecule has 0 aliphatic carbocycles. The maximum absolute atomic E-state index is 4.62. The molecule has 4 aromatic rings. The zero-order chi connectivity index (χ0) is 33.1. The number of aryl methyl sites for hydroxylation is 5. The largest absolute Gasteiger partial charge is 0.372 e. The maximum atomic E-state index is 4.62. The lowest BCUT2D eigenvalue weighted by molar-refractivity contribution is -0.697. The Morgan fingerprint density at radius 2 is 0.978 bits per heavy atom. The minimum atomic E-state index is 0.780. The number of benzene rings is 1. The predicted octanol–water partition coefficient (Wildman–Crippen LogP) is 9.78. The zero-order valence-electron chi connectivity index (χ0n) is 30.1. The fraction of sp³-hybridized carbons (Fsp3) is 0.512. The first-order valence-corrected chi connectivity index (χ1v) is 18.0. The molecule has 5 heteroatoms. The van der Waals surface area contributed by atoms with Crippen LogP contribution >= 0.6 is 0 Å². The minimum Gasteiger partial charge on any atom is -0.372 e. The van der Waals surface area contributed by atoms with Crippen LogP contribution in [-0.2, 0) is 13.1 Å². The zero-order valence-corrected chi connectivity index (χ0v) is 30.1. The van der Waals surface area contributed by atoms with Gasteiger partial charge in [-0.05, 0) is 64.2 Å². The Morgan fingerprint density at radius 1 is 0.543 bits per heavy atom. The highest BCUT2D eigenvalue weighted by molar-refractivity contribution is 5.62. The molecule has 46 heavy (non-hydrogen) atoms. The van der Waals surface area contributed by atoms with Crippen molar-refractivity contribution in [3.63, 3.8) is 0 Å². The van der Waals surface area contributed by atoms with Gasteiger partial charge in [0.2, 0.25) is 0 Å². The van der Waals surface area contributed by atoms with Gasteiger partial charge < -0.3 is 4.90 Å². The average molecular weight is 624 g/mol. The van der Waals surface area contributed by atoms with Crippen molar-refractivity contribution in [1.82, 2.24) is 9.97 Å². The van der Waals surface area contributed by atoms with Crippen LogP contribution in [0.2, 0.25) is 0 Å². The fourth-order valence-electron chi connectivity index (χ4n) is 6.19. The Kier molecular flexibility index (Phi) is 16.4. The van der Waals surface area contributed by atoms with E-state index in [4.69, 9.17) is 0 Å². The average Bonchev–Trinajstić information content (AvgIpc) is 3.07. The lowest BCUT2D eigenvalue weighted by Crippen LogP contribution is -2.32. The van der Waals surface area contributed by atoms with Gasteiger partial charge >= 0.3 is 0 Å². The summed E-state index contributed by atoms with van der Waals surface area (Å²) < 4.78 is 4.53. The lowest BCUT2D eigenvalue weighted by atomic mass is 10.0. The number of hydrogen-bond donors (Lipinski definition) is 0. The van der Waals surface area contributed by atoms with Crippen molar-refractivity contribution in [2.24, 2.45) is 0 Å². The Hall–Kier alpha value is -3.60. The molecule has 0 saturated carbocycles. The Labute approximate surface area is 280 Å². The first kappa shape index (κ1) is 36.9. The van der Waals surface area contributed by atoms with Crippen LogP contribution in [0.1, 0.15) is 109 Å². The minimum absolute atomic E-state index is 0.780. The topological polar surface area (TPSA) is 36.8 Å². The Morgan fingerprint density at radius 3 is 1.41 bits per heavy atom. The van der Waals surface area contributed by atoms with E-state index in [1.165, 1.54) is 86.6 Å². The van der Waals surface area contributed by atoms with Crippen LogP contribution in [0.3, 0.4) is 0 Å². The number of nitrogens with zero attached hydrogens (tertiary/aromatic N) is 5. The first-order chi connectivity index (χ1) is 22.4. The van der Waals surface area contributed by atoms with Crippen molar-refractivity contribution in [2.45, 2.75) is 126 Å². The third-order valence-corrected chi connectivity index (χ3v) is 8.78. The fourth-order valence-corrected chi connectivity index (χ4v) is 6.19. The molecule has 0 aliphatic heterocycles. The van der Waals surface area contributed by atoms with Crippen LogP contribution < -0.4 is 14.0 Å². The monoisotopic (exact) mass is 623 g/mol. The summed E-state index contributed by atoms with van der Waals surface area (Å²) >= 11 is 0. The SMILES string of the molecule is CCCCCCC[n+]1ccc(-c2cnc(-c3cc[n+](CCCCCCC)cc3)nc2)cc1.CCN(CC)c1c(C)cc(C)cc1C. The highest BCUT2D eigenvalue weighted by Gasteiger charge is 2.10. The van der Waals surface area contributed by atoms with E-state index in [1.54, 1.807) is 0 Å². The van der Waals surface area contributed by atoms with Gasteiger partial charge in [-0.3, -0.25) is 0 Å². The second kappa shape index (κ2) is 20.5. The summed E-state index contributed by atoms with van der Waals surface area (Å²) in [7, 11) is 0. The predicted molar refractivity (Wildman–Crippen MR) is 195 cm³/mol. The van der Waals surface area contributed by atoms with Gasteiger partial charge in [-0.15, -0.1) is 0 Å². The molecule has 0 unspecified atom stereocenters. The summed E-state index contributed by atoms with van der Waals surface area (Å²) in [4.78, 5) is 11.7. The van der Waals surface area contributed by atoms with Gasteiger partial charge in [-0.25, -0.2) is 19.1 Å². The summed E-state index contributed by atoms with van der Waals surface area (Å²) in [5.74, 6) is 0.780. The standard InChI is InChI=1S/C28H40N4.C13H21N/c1-3-5-7-9-11-17-31-19-13-25(14-20-31)27-23-29-28(30-24-27)26-15-21-32(22-16-26)18-12-10-8-6-4-2;1-6-14(7-2)13-11(4)8-10(3)9-12(13)5/h13-16,19-24H,3-12,17-18H2,1-2H3;8-9H,6-7H2,1-5H3/q+2;. The highest BCUT2D eigenvalue weighted by atomic mass is 15.1. The molecule has 0 aliphatic rings. The second-order valence-electron chi connectivity index (χ2n) is 12.7. The molecule has 248 valence electrons. The van der Waals surface area contributed by atoms with Gasteiger partial charge in [0.25, 0.3) is 0 Å². The van der Waals surface area contributed by atoms with E-state index in [1.807, 2.05) is 12.4 Å². The number of aromatic nitrogens is 4. The Bertz CT molecular complexity index is 1290. The smallest absolute Gasteiger partial charge is 0.169 e. The van der Waals surface area contributed by atoms with Crippen LogP contribution in [0.15, 0.2) is 73.6 Å². The van der Waals surface area contributed by atoms with E-state index >= 15 is 0 Å². The van der Waals surface area contributed by atoms with E-state index in [-0.39, 0.29) is 0 Å². The third-order valence-electron chi connectivity index (χ3n) is 8.78. The normalized spacial score (nSPS) is 10.8. The molecule has 0 atom stereocenters. The molecule has 3 aromatic heterocycles. The molecule has 0 radical (unpaired) electrons. The van der Waals surface area contributed by atoms with E-state index in [0.29, 0.717) is 0 Å². The molecule has 0 N–H and O–H groups in total. The molecule has 3 heterocycles. The number of rotatable bonds is 17. The lowest BCUT2D eigenvalue weighted by Gasteiger charge is -2.25. The van der Waals surface area contributed by atoms with Crippen LogP contribution in [0.5, 0.6) is 0 Å². The molecule has 1 aromatic carbocycles. The maximum Gasteiger partial charge on any atom is 0.169 e. The second-order valence-corrected chi connectivity index (χ2v) is 12.7. The number of unbranched alkanes of at least 4 members (excludes halogenated alkanes) is 8.